The summed E-state index contributed by atoms with van der Waals surface area (Å²) in [5, 5.41) is 9.35. The molecule has 0 saturated heterocycles. The van der Waals surface area contributed by atoms with Gasteiger partial charge in [-0.05, 0) is 63.1 Å². The first-order valence-corrected chi connectivity index (χ1v) is 9.25. The number of nitrogens with one attached hydrogen (secondary N) is 1. The van der Waals surface area contributed by atoms with Crippen molar-refractivity contribution < 1.29 is 4.84 Å². The summed E-state index contributed by atoms with van der Waals surface area (Å²) < 4.78 is 0. The van der Waals surface area contributed by atoms with Gasteiger partial charge in [0, 0.05) is 5.56 Å². The summed E-state index contributed by atoms with van der Waals surface area (Å²) in [5.41, 5.74) is 7.72. The van der Waals surface area contributed by atoms with Crippen molar-refractivity contribution in [2.24, 2.45) is 5.41 Å². The lowest BCUT2D eigenvalue weighted by molar-refractivity contribution is -0.132. The standard InChI is InChI=1S/C22H34N2O/c1-9-11-20(19-14-18(15-23)16(3)13-17(19)4)24-25-22(7,8)21(5,6)12-10-2/h11,13-14,24H,9-10,12H2,1-8H3/b20-11+. The minimum atomic E-state index is -0.327. The Morgan fingerprint density at radius 1 is 1.16 bits per heavy atom. The third kappa shape index (κ3) is 5.09. The highest BCUT2D eigenvalue weighted by Gasteiger charge is 2.38. The van der Waals surface area contributed by atoms with Gasteiger partial charge >= 0.3 is 0 Å². The maximum Gasteiger partial charge on any atom is 0.0994 e. The molecule has 3 nitrogen and oxygen atoms in total. The molecule has 0 heterocycles. The van der Waals surface area contributed by atoms with Gasteiger partial charge in [0.05, 0.1) is 22.9 Å². The molecule has 138 valence electrons. The number of nitrogens with zero attached hydrogens (tertiary/aromatic N) is 1. The second kappa shape index (κ2) is 8.54. The minimum absolute atomic E-state index is 0.0478. The van der Waals surface area contributed by atoms with Crippen molar-refractivity contribution in [3.05, 3.63) is 40.5 Å². The summed E-state index contributed by atoms with van der Waals surface area (Å²) in [7, 11) is 0. The fourth-order valence-corrected chi connectivity index (χ4v) is 2.92. The summed E-state index contributed by atoms with van der Waals surface area (Å²) >= 11 is 0. The average Bonchev–Trinajstić information content (AvgIpc) is 2.52. The van der Waals surface area contributed by atoms with Crippen molar-refractivity contribution in [1.82, 2.24) is 5.48 Å². The third-order valence-corrected chi connectivity index (χ3v) is 5.31. The number of hydrogen-bond donors (Lipinski definition) is 1. The van der Waals surface area contributed by atoms with E-state index in [0.717, 1.165) is 41.6 Å². The third-order valence-electron chi connectivity index (χ3n) is 5.31. The highest BCUT2D eigenvalue weighted by molar-refractivity contribution is 5.68. The molecule has 0 amide bonds. The smallest absolute Gasteiger partial charge is 0.0994 e. The SMILES string of the molecule is CC/C=C(/NOC(C)(C)C(C)(C)CCC)c1cc(C#N)c(C)cc1C. The molecule has 1 rings (SSSR count). The molecule has 0 bridgehead atoms. The number of hydrogen-bond acceptors (Lipinski definition) is 3. The van der Waals surface area contributed by atoms with E-state index < -0.39 is 0 Å². The Labute approximate surface area is 154 Å². The van der Waals surface area contributed by atoms with Crippen LogP contribution in [0.15, 0.2) is 18.2 Å². The zero-order valence-electron chi connectivity index (χ0n) is 17.2. The molecular formula is C22H34N2O. The molecule has 1 aromatic carbocycles. The predicted octanol–water partition coefficient (Wildman–Crippen LogP) is 6.05. The number of benzene rings is 1. The molecule has 0 unspecified atom stereocenters. The predicted molar refractivity (Wildman–Crippen MR) is 106 cm³/mol. The number of hydroxylamine groups is 1. The van der Waals surface area contributed by atoms with E-state index in [9.17, 15) is 5.26 Å². The lowest BCUT2D eigenvalue weighted by Crippen LogP contribution is -2.45. The van der Waals surface area contributed by atoms with E-state index in [1.165, 1.54) is 0 Å². The largest absolute Gasteiger partial charge is 0.270 e. The van der Waals surface area contributed by atoms with Crippen molar-refractivity contribution in [3.8, 4) is 6.07 Å². The number of aryl methyl sites for hydroxylation is 2. The average molecular weight is 343 g/mol. The Morgan fingerprint density at radius 2 is 1.80 bits per heavy atom. The second-order valence-electron chi connectivity index (χ2n) is 7.97. The summed E-state index contributed by atoms with van der Waals surface area (Å²) in [6.07, 6.45) is 5.22. The van der Waals surface area contributed by atoms with E-state index >= 15 is 0 Å². The van der Waals surface area contributed by atoms with Crippen LogP contribution in [0, 0.1) is 30.6 Å². The summed E-state index contributed by atoms with van der Waals surface area (Å²) in [6.45, 7) is 17.1. The van der Waals surface area contributed by atoms with Crippen molar-refractivity contribution in [1.29, 1.82) is 5.26 Å². The van der Waals surface area contributed by atoms with E-state index in [1.807, 2.05) is 13.0 Å². The van der Waals surface area contributed by atoms with Crippen LogP contribution in [-0.2, 0) is 4.84 Å². The quantitative estimate of drug-likeness (QED) is 0.585. The molecular weight excluding hydrogens is 308 g/mol. The van der Waals surface area contributed by atoms with E-state index in [1.54, 1.807) is 0 Å². The number of nitriles is 1. The first-order chi connectivity index (χ1) is 11.6. The Kier molecular flexibility index (Phi) is 7.26. The van der Waals surface area contributed by atoms with Gasteiger partial charge in [-0.2, -0.15) is 5.26 Å². The van der Waals surface area contributed by atoms with Gasteiger partial charge in [-0.3, -0.25) is 10.3 Å². The maximum atomic E-state index is 9.35. The molecule has 0 fully saturated rings. The van der Waals surface area contributed by atoms with Crippen molar-refractivity contribution in [2.75, 3.05) is 0 Å². The van der Waals surface area contributed by atoms with Gasteiger partial charge in [0.15, 0.2) is 0 Å². The van der Waals surface area contributed by atoms with Gasteiger partial charge in [-0.1, -0.05) is 46.3 Å². The van der Waals surface area contributed by atoms with Crippen molar-refractivity contribution >= 4 is 5.70 Å². The van der Waals surface area contributed by atoms with Crippen molar-refractivity contribution in [2.45, 2.75) is 80.3 Å². The Bertz CT molecular complexity index is 663. The first kappa shape index (κ1) is 21.3. The van der Waals surface area contributed by atoms with E-state index in [4.69, 9.17) is 4.84 Å². The van der Waals surface area contributed by atoms with Crippen LogP contribution in [0.5, 0.6) is 0 Å². The highest BCUT2D eigenvalue weighted by Crippen LogP contribution is 2.37. The van der Waals surface area contributed by atoms with Crippen molar-refractivity contribution in [3.63, 3.8) is 0 Å². The molecule has 3 heteroatoms. The van der Waals surface area contributed by atoms with Gasteiger partial charge in [0.2, 0.25) is 0 Å². The minimum Gasteiger partial charge on any atom is -0.270 e. The monoisotopic (exact) mass is 342 g/mol. The van der Waals surface area contributed by atoms with Crippen LogP contribution in [0.4, 0.5) is 0 Å². The molecule has 1 N–H and O–H groups in total. The van der Waals surface area contributed by atoms with E-state index in [-0.39, 0.29) is 11.0 Å². The first-order valence-electron chi connectivity index (χ1n) is 9.25. The van der Waals surface area contributed by atoms with Crippen LogP contribution < -0.4 is 5.48 Å². The zero-order valence-corrected chi connectivity index (χ0v) is 17.2. The zero-order chi connectivity index (χ0) is 19.3. The number of rotatable bonds is 8. The second-order valence-corrected chi connectivity index (χ2v) is 7.97. The molecule has 0 aliphatic carbocycles. The normalized spacial score (nSPS) is 12.8. The molecule has 1 aromatic rings. The topological polar surface area (TPSA) is 45.0 Å². The van der Waals surface area contributed by atoms with Gasteiger partial charge < -0.3 is 0 Å². The molecule has 0 atom stereocenters. The molecule has 0 saturated carbocycles. The van der Waals surface area contributed by atoms with Crippen LogP contribution in [0.1, 0.15) is 83.1 Å². The molecule has 0 aliphatic rings. The van der Waals surface area contributed by atoms with Gasteiger partial charge in [0.25, 0.3) is 0 Å². The van der Waals surface area contributed by atoms with Gasteiger partial charge in [0.1, 0.15) is 0 Å². The molecule has 0 radical (unpaired) electrons. The lowest BCUT2D eigenvalue weighted by Gasteiger charge is -2.41. The molecule has 0 aliphatic heterocycles. The summed E-state index contributed by atoms with van der Waals surface area (Å²) in [5.74, 6) is 0. The maximum absolute atomic E-state index is 9.35. The van der Waals surface area contributed by atoms with Crippen LogP contribution >= 0.6 is 0 Å². The van der Waals surface area contributed by atoms with Gasteiger partial charge in [-0.25, -0.2) is 0 Å². The van der Waals surface area contributed by atoms with E-state index in [0.29, 0.717) is 5.56 Å². The van der Waals surface area contributed by atoms with Crippen LogP contribution in [0.2, 0.25) is 0 Å². The van der Waals surface area contributed by atoms with Crippen LogP contribution in [0.3, 0.4) is 0 Å². The number of allylic oxidation sites excluding steroid dienone is 1. The van der Waals surface area contributed by atoms with Crippen LogP contribution in [0.25, 0.3) is 5.70 Å². The van der Waals surface area contributed by atoms with Crippen LogP contribution in [-0.4, -0.2) is 5.60 Å². The fraction of sp³-hybridized carbons (Fsp3) is 0.591. The van der Waals surface area contributed by atoms with E-state index in [2.05, 4.69) is 72.2 Å². The Balaban J connectivity index is 3.12. The Morgan fingerprint density at radius 3 is 2.32 bits per heavy atom. The molecule has 25 heavy (non-hydrogen) atoms. The summed E-state index contributed by atoms with van der Waals surface area (Å²) in [6, 6.07) is 6.29. The summed E-state index contributed by atoms with van der Waals surface area (Å²) in [4.78, 5) is 6.17. The Hall–Kier alpha value is -1.79. The molecule has 0 aromatic heterocycles. The highest BCUT2D eigenvalue weighted by atomic mass is 16.7. The van der Waals surface area contributed by atoms with Gasteiger partial charge in [-0.15, -0.1) is 0 Å². The molecule has 0 spiro atoms. The lowest BCUT2D eigenvalue weighted by atomic mass is 9.74. The fourth-order valence-electron chi connectivity index (χ4n) is 2.92.